The molecule has 1 amide bonds. The largest absolute Gasteiger partial charge is 0.352 e. The molecule has 3 heterocycles. The van der Waals surface area contributed by atoms with Gasteiger partial charge in [-0.1, -0.05) is 42.4 Å². The minimum Gasteiger partial charge on any atom is -0.352 e. The van der Waals surface area contributed by atoms with Crippen LogP contribution in [-0.2, 0) is 24.3 Å². The normalized spacial score (nSPS) is 14.8. The van der Waals surface area contributed by atoms with Crippen LogP contribution in [-0.4, -0.2) is 49.7 Å². The first-order valence-electron chi connectivity index (χ1n) is 10.9. The lowest BCUT2D eigenvalue weighted by Gasteiger charge is -2.26. The quantitative estimate of drug-likeness (QED) is 0.571. The van der Waals surface area contributed by atoms with Gasteiger partial charge < -0.3 is 5.32 Å². The Kier molecular flexibility index (Phi) is 6.87. The summed E-state index contributed by atoms with van der Waals surface area (Å²) in [7, 11) is 0. The lowest BCUT2D eigenvalue weighted by Crippen LogP contribution is -2.29. The van der Waals surface area contributed by atoms with Crippen LogP contribution in [0.1, 0.15) is 47.3 Å². The molecule has 0 radical (unpaired) electrons. The molecule has 4 rings (SSSR count). The van der Waals surface area contributed by atoms with E-state index in [4.69, 9.17) is 0 Å². The standard InChI is InChI=1S/C23H30N6OS/c1-16-20(17(2)29-22(25-16)26-23(27-29)31-3)13-21(30)24-14-18-7-9-19(10-8-18)15-28-11-5-4-6-12-28/h7-10H,4-6,11-15H2,1-3H3,(H,24,30). The smallest absolute Gasteiger partial charge is 0.253 e. The maximum absolute atomic E-state index is 12.6. The second-order valence-corrected chi connectivity index (χ2v) is 8.95. The number of carbonyl (C=O) groups excluding carboxylic acids is 1. The van der Waals surface area contributed by atoms with Crippen LogP contribution in [0.3, 0.4) is 0 Å². The summed E-state index contributed by atoms with van der Waals surface area (Å²) in [6.07, 6.45) is 6.19. The minimum absolute atomic E-state index is 0.0186. The van der Waals surface area contributed by atoms with E-state index in [0.717, 1.165) is 29.1 Å². The van der Waals surface area contributed by atoms with Gasteiger partial charge in [0.1, 0.15) is 0 Å². The number of thioether (sulfide) groups is 1. The maximum atomic E-state index is 12.6. The molecule has 2 aromatic heterocycles. The summed E-state index contributed by atoms with van der Waals surface area (Å²) in [5.74, 6) is 0.558. The van der Waals surface area contributed by atoms with E-state index in [1.54, 1.807) is 4.52 Å². The number of carbonyl (C=O) groups is 1. The SMILES string of the molecule is CSc1nc2nc(C)c(CC(=O)NCc3ccc(CN4CCCCC4)cc3)c(C)n2n1. The number of nitrogens with zero attached hydrogens (tertiary/aromatic N) is 5. The Balaban J connectivity index is 1.35. The number of fused-ring (bicyclic) bond motifs is 1. The number of rotatable bonds is 7. The first kappa shape index (κ1) is 21.8. The van der Waals surface area contributed by atoms with Gasteiger partial charge in [0.15, 0.2) is 0 Å². The predicted octanol–water partition coefficient (Wildman–Crippen LogP) is 3.31. The van der Waals surface area contributed by atoms with Crippen molar-refractivity contribution < 1.29 is 4.79 Å². The number of likely N-dealkylation sites (tertiary alicyclic amines) is 1. The zero-order valence-electron chi connectivity index (χ0n) is 18.5. The molecule has 31 heavy (non-hydrogen) atoms. The Morgan fingerprint density at radius 2 is 1.77 bits per heavy atom. The van der Waals surface area contributed by atoms with Gasteiger partial charge in [0, 0.05) is 30.0 Å². The molecule has 0 spiro atoms. The van der Waals surface area contributed by atoms with Gasteiger partial charge in [-0.3, -0.25) is 9.69 Å². The van der Waals surface area contributed by atoms with Crippen molar-refractivity contribution in [2.45, 2.75) is 57.8 Å². The summed E-state index contributed by atoms with van der Waals surface area (Å²) in [6.45, 7) is 7.82. The Hall–Kier alpha value is -2.45. The van der Waals surface area contributed by atoms with E-state index in [9.17, 15) is 4.79 Å². The van der Waals surface area contributed by atoms with E-state index in [2.05, 4.69) is 49.5 Å². The second kappa shape index (κ2) is 9.78. The Morgan fingerprint density at radius 3 is 2.48 bits per heavy atom. The molecule has 1 aliphatic heterocycles. The first-order chi connectivity index (χ1) is 15.0. The molecule has 0 saturated carbocycles. The molecule has 1 aliphatic rings. The molecule has 164 valence electrons. The fourth-order valence-corrected chi connectivity index (χ4v) is 4.43. The maximum Gasteiger partial charge on any atom is 0.253 e. The third-order valence-electron chi connectivity index (χ3n) is 5.92. The van der Waals surface area contributed by atoms with Gasteiger partial charge in [0.05, 0.1) is 6.42 Å². The topological polar surface area (TPSA) is 75.4 Å². The predicted molar refractivity (Wildman–Crippen MR) is 123 cm³/mol. The van der Waals surface area contributed by atoms with Gasteiger partial charge >= 0.3 is 0 Å². The van der Waals surface area contributed by atoms with Crippen LogP contribution in [0.2, 0.25) is 0 Å². The fourth-order valence-electron chi connectivity index (χ4n) is 4.09. The second-order valence-electron chi connectivity index (χ2n) is 8.18. The van der Waals surface area contributed by atoms with E-state index < -0.39 is 0 Å². The molecule has 0 atom stereocenters. The van der Waals surface area contributed by atoms with Crippen LogP contribution >= 0.6 is 11.8 Å². The van der Waals surface area contributed by atoms with Crippen LogP contribution in [0.5, 0.6) is 0 Å². The molecule has 1 aromatic carbocycles. The van der Waals surface area contributed by atoms with Crippen LogP contribution < -0.4 is 5.32 Å². The number of hydrogen-bond donors (Lipinski definition) is 1. The highest BCUT2D eigenvalue weighted by atomic mass is 32.2. The molecule has 1 saturated heterocycles. The molecule has 0 bridgehead atoms. The average Bonchev–Trinajstić information content (AvgIpc) is 3.20. The Morgan fingerprint density at radius 1 is 1.06 bits per heavy atom. The van der Waals surface area contributed by atoms with Gasteiger partial charge in [-0.2, -0.15) is 4.98 Å². The Labute approximate surface area is 187 Å². The van der Waals surface area contributed by atoms with Crippen molar-refractivity contribution in [3.8, 4) is 0 Å². The molecule has 7 nitrogen and oxygen atoms in total. The van der Waals surface area contributed by atoms with Gasteiger partial charge in [0.2, 0.25) is 11.1 Å². The summed E-state index contributed by atoms with van der Waals surface area (Å²) in [5.41, 5.74) is 5.08. The highest BCUT2D eigenvalue weighted by Gasteiger charge is 2.16. The minimum atomic E-state index is -0.0186. The van der Waals surface area contributed by atoms with Gasteiger partial charge in [0.25, 0.3) is 5.78 Å². The number of aryl methyl sites for hydroxylation is 2. The summed E-state index contributed by atoms with van der Waals surface area (Å²) >= 11 is 1.48. The van der Waals surface area contributed by atoms with Gasteiger partial charge in [-0.05, 0) is 57.2 Å². The summed E-state index contributed by atoms with van der Waals surface area (Å²) in [5, 5.41) is 8.18. The van der Waals surface area contributed by atoms with E-state index in [1.807, 2.05) is 20.1 Å². The molecule has 0 unspecified atom stereocenters. The Bertz CT molecular complexity index is 1060. The number of benzene rings is 1. The van der Waals surface area contributed by atoms with Crippen molar-refractivity contribution in [3.63, 3.8) is 0 Å². The average molecular weight is 439 g/mol. The van der Waals surface area contributed by atoms with E-state index >= 15 is 0 Å². The van der Waals surface area contributed by atoms with Gasteiger partial charge in [-0.15, -0.1) is 5.10 Å². The third kappa shape index (κ3) is 5.25. The molecule has 8 heteroatoms. The summed E-state index contributed by atoms with van der Waals surface area (Å²) in [4.78, 5) is 24.1. The monoisotopic (exact) mass is 438 g/mol. The van der Waals surface area contributed by atoms with E-state index in [-0.39, 0.29) is 12.3 Å². The zero-order chi connectivity index (χ0) is 21.8. The number of amides is 1. The molecular formula is C23H30N6OS. The highest BCUT2D eigenvalue weighted by molar-refractivity contribution is 7.98. The van der Waals surface area contributed by atoms with Crippen molar-refractivity contribution in [2.75, 3.05) is 19.3 Å². The third-order valence-corrected chi connectivity index (χ3v) is 6.46. The van der Waals surface area contributed by atoms with Crippen LogP contribution in [0.15, 0.2) is 29.4 Å². The number of hydrogen-bond acceptors (Lipinski definition) is 6. The zero-order valence-corrected chi connectivity index (χ0v) is 19.3. The van der Waals surface area contributed by atoms with Crippen molar-refractivity contribution in [1.82, 2.24) is 29.8 Å². The summed E-state index contributed by atoms with van der Waals surface area (Å²) in [6, 6.07) is 8.58. The molecule has 1 fully saturated rings. The van der Waals surface area contributed by atoms with Crippen molar-refractivity contribution in [3.05, 3.63) is 52.3 Å². The molecule has 3 aromatic rings. The van der Waals surface area contributed by atoms with E-state index in [0.29, 0.717) is 17.5 Å². The first-order valence-corrected chi connectivity index (χ1v) is 12.1. The van der Waals surface area contributed by atoms with Crippen LogP contribution in [0.25, 0.3) is 5.78 Å². The lowest BCUT2D eigenvalue weighted by atomic mass is 10.1. The number of piperidine rings is 1. The van der Waals surface area contributed by atoms with Crippen molar-refractivity contribution >= 4 is 23.4 Å². The fraction of sp³-hybridized carbons (Fsp3) is 0.478. The van der Waals surface area contributed by atoms with Crippen molar-refractivity contribution in [2.24, 2.45) is 0 Å². The van der Waals surface area contributed by atoms with Crippen LogP contribution in [0, 0.1) is 13.8 Å². The molecule has 1 N–H and O–H groups in total. The highest BCUT2D eigenvalue weighted by Crippen LogP contribution is 2.17. The van der Waals surface area contributed by atoms with E-state index in [1.165, 1.54) is 49.7 Å². The van der Waals surface area contributed by atoms with Crippen molar-refractivity contribution in [1.29, 1.82) is 0 Å². The van der Waals surface area contributed by atoms with Gasteiger partial charge in [-0.25, -0.2) is 9.50 Å². The van der Waals surface area contributed by atoms with Crippen LogP contribution in [0.4, 0.5) is 0 Å². The molecule has 0 aliphatic carbocycles. The lowest BCUT2D eigenvalue weighted by molar-refractivity contribution is -0.120. The molecular weight excluding hydrogens is 408 g/mol. The number of nitrogens with one attached hydrogen (secondary N) is 1. The number of aromatic nitrogens is 4. The summed E-state index contributed by atoms with van der Waals surface area (Å²) < 4.78 is 1.72.